The second kappa shape index (κ2) is 6.49. The Balaban J connectivity index is 2.03. The van der Waals surface area contributed by atoms with Gasteiger partial charge >= 0.3 is 0 Å². The first kappa shape index (κ1) is 15.2. The monoisotopic (exact) mass is 288 g/mol. The van der Waals surface area contributed by atoms with Crippen LogP contribution in [-0.4, -0.2) is 20.1 Å². The zero-order valence-corrected chi connectivity index (χ0v) is 12.4. The molecule has 0 atom stereocenters. The van der Waals surface area contributed by atoms with Crippen molar-refractivity contribution in [1.29, 1.82) is 5.26 Å². The molecule has 1 aliphatic carbocycles. The lowest BCUT2D eigenvalue weighted by molar-refractivity contribution is -0.128. The van der Waals surface area contributed by atoms with Gasteiger partial charge in [-0.3, -0.25) is 4.79 Å². The highest BCUT2D eigenvalue weighted by atomic mass is 16.5. The first-order chi connectivity index (χ1) is 10.1. The van der Waals surface area contributed by atoms with E-state index in [9.17, 15) is 10.1 Å². The van der Waals surface area contributed by atoms with Crippen LogP contribution in [0, 0.1) is 16.7 Å². The molecule has 112 valence electrons. The van der Waals surface area contributed by atoms with E-state index in [1.54, 1.807) is 20.3 Å². The zero-order chi connectivity index (χ0) is 15.3. The number of nitriles is 1. The Kier molecular flexibility index (Phi) is 4.69. The maximum absolute atomic E-state index is 12.3. The number of nitrogens with one attached hydrogen (secondary N) is 1. The van der Waals surface area contributed by atoms with Crippen molar-refractivity contribution in [3.8, 4) is 17.6 Å². The van der Waals surface area contributed by atoms with E-state index in [0.29, 0.717) is 30.9 Å². The number of carbonyl (C=O) groups excluding carboxylic acids is 1. The third-order valence-electron chi connectivity index (χ3n) is 4.01. The van der Waals surface area contributed by atoms with E-state index < -0.39 is 5.41 Å². The highest BCUT2D eigenvalue weighted by molar-refractivity contribution is 5.85. The van der Waals surface area contributed by atoms with Gasteiger partial charge in [-0.05, 0) is 30.5 Å². The smallest absolute Gasteiger partial charge is 0.240 e. The fourth-order valence-corrected chi connectivity index (χ4v) is 2.71. The number of nitrogens with zero attached hydrogens (tertiary/aromatic N) is 1. The number of carbonyl (C=O) groups is 1. The summed E-state index contributed by atoms with van der Waals surface area (Å²) in [5.41, 5.74) is 0.0726. The number of benzene rings is 1. The second-order valence-corrected chi connectivity index (χ2v) is 5.27. The van der Waals surface area contributed by atoms with E-state index in [4.69, 9.17) is 9.47 Å². The van der Waals surface area contributed by atoms with Gasteiger partial charge in [-0.2, -0.15) is 5.26 Å². The maximum Gasteiger partial charge on any atom is 0.240 e. The summed E-state index contributed by atoms with van der Waals surface area (Å²) in [5.74, 6) is 1.11. The molecule has 21 heavy (non-hydrogen) atoms. The Morgan fingerprint density at radius 2 is 1.95 bits per heavy atom. The van der Waals surface area contributed by atoms with E-state index in [0.717, 1.165) is 18.4 Å². The summed E-state index contributed by atoms with van der Waals surface area (Å²) in [5, 5.41) is 12.2. The molecule has 2 rings (SSSR count). The van der Waals surface area contributed by atoms with Crippen LogP contribution >= 0.6 is 0 Å². The van der Waals surface area contributed by atoms with Crippen LogP contribution in [0.25, 0.3) is 0 Å². The van der Waals surface area contributed by atoms with Gasteiger partial charge in [0.2, 0.25) is 5.91 Å². The molecular formula is C16H20N2O3. The summed E-state index contributed by atoms with van der Waals surface area (Å²) in [4.78, 5) is 12.3. The fourth-order valence-electron chi connectivity index (χ4n) is 2.71. The summed E-state index contributed by atoms with van der Waals surface area (Å²) in [6.07, 6.45) is 3.19. The van der Waals surface area contributed by atoms with Crippen molar-refractivity contribution in [3.63, 3.8) is 0 Å². The number of hydrogen-bond donors (Lipinski definition) is 1. The topological polar surface area (TPSA) is 71.3 Å². The van der Waals surface area contributed by atoms with Crippen molar-refractivity contribution in [2.75, 3.05) is 14.2 Å². The highest BCUT2D eigenvalue weighted by Crippen LogP contribution is 2.37. The number of hydrogen-bond acceptors (Lipinski definition) is 4. The first-order valence-electron chi connectivity index (χ1n) is 7.05. The molecule has 1 aromatic rings. The molecule has 1 fully saturated rings. The van der Waals surface area contributed by atoms with Gasteiger partial charge in [0, 0.05) is 6.54 Å². The molecule has 0 unspecified atom stereocenters. The van der Waals surface area contributed by atoms with Gasteiger partial charge < -0.3 is 14.8 Å². The maximum atomic E-state index is 12.3. The van der Waals surface area contributed by atoms with E-state index in [-0.39, 0.29) is 5.91 Å². The lowest BCUT2D eigenvalue weighted by atomic mass is 9.87. The first-order valence-corrected chi connectivity index (χ1v) is 7.05. The average Bonchev–Trinajstić information content (AvgIpc) is 3.02. The van der Waals surface area contributed by atoms with Crippen LogP contribution in [0.1, 0.15) is 31.2 Å². The minimum absolute atomic E-state index is 0.169. The van der Waals surface area contributed by atoms with Crippen molar-refractivity contribution >= 4 is 5.91 Å². The van der Waals surface area contributed by atoms with Crippen LogP contribution in [0.2, 0.25) is 0 Å². The van der Waals surface area contributed by atoms with Gasteiger partial charge in [0.1, 0.15) is 5.41 Å². The Morgan fingerprint density at radius 3 is 2.52 bits per heavy atom. The molecule has 1 N–H and O–H groups in total. The van der Waals surface area contributed by atoms with Crippen molar-refractivity contribution < 1.29 is 14.3 Å². The zero-order valence-electron chi connectivity index (χ0n) is 12.4. The summed E-state index contributed by atoms with van der Waals surface area (Å²) >= 11 is 0. The molecule has 0 aliphatic heterocycles. The predicted octanol–water partition coefficient (Wildman–Crippen LogP) is 2.40. The number of amides is 1. The summed E-state index contributed by atoms with van der Waals surface area (Å²) in [7, 11) is 3.15. The Morgan fingerprint density at radius 1 is 1.29 bits per heavy atom. The molecule has 1 aliphatic rings. The SMILES string of the molecule is COc1ccc(CNC(=O)C2(C#N)CCCC2)cc1OC. The molecule has 5 heteroatoms. The fraction of sp³-hybridized carbons (Fsp3) is 0.500. The molecule has 1 saturated carbocycles. The number of methoxy groups -OCH3 is 2. The molecule has 1 amide bonds. The van der Waals surface area contributed by atoms with Crippen LogP contribution in [-0.2, 0) is 11.3 Å². The predicted molar refractivity (Wildman–Crippen MR) is 77.9 cm³/mol. The summed E-state index contributed by atoms with van der Waals surface area (Å²) in [6, 6.07) is 7.70. The van der Waals surface area contributed by atoms with Crippen molar-refractivity contribution in [2.24, 2.45) is 5.41 Å². The average molecular weight is 288 g/mol. The van der Waals surface area contributed by atoms with E-state index in [2.05, 4.69) is 11.4 Å². The number of ether oxygens (including phenoxy) is 2. The van der Waals surface area contributed by atoms with Gasteiger partial charge in [0.25, 0.3) is 0 Å². The van der Waals surface area contributed by atoms with Crippen LogP contribution in [0.3, 0.4) is 0 Å². The van der Waals surface area contributed by atoms with Crippen molar-refractivity contribution in [3.05, 3.63) is 23.8 Å². The van der Waals surface area contributed by atoms with Gasteiger partial charge in [-0.15, -0.1) is 0 Å². The normalized spacial score (nSPS) is 16.0. The molecule has 5 nitrogen and oxygen atoms in total. The van der Waals surface area contributed by atoms with E-state index >= 15 is 0 Å². The lowest BCUT2D eigenvalue weighted by Gasteiger charge is -2.19. The third-order valence-corrected chi connectivity index (χ3v) is 4.01. The largest absolute Gasteiger partial charge is 0.493 e. The van der Waals surface area contributed by atoms with Gasteiger partial charge in [0.05, 0.1) is 20.3 Å². The van der Waals surface area contributed by atoms with E-state index in [1.807, 2.05) is 12.1 Å². The third kappa shape index (κ3) is 3.10. The minimum atomic E-state index is -0.837. The van der Waals surface area contributed by atoms with Gasteiger partial charge in [-0.1, -0.05) is 18.9 Å². The molecule has 0 spiro atoms. The number of rotatable bonds is 5. The van der Waals surface area contributed by atoms with Crippen molar-refractivity contribution in [1.82, 2.24) is 5.32 Å². The van der Waals surface area contributed by atoms with Crippen LogP contribution in [0.15, 0.2) is 18.2 Å². The molecule has 0 radical (unpaired) electrons. The van der Waals surface area contributed by atoms with Crippen LogP contribution in [0.4, 0.5) is 0 Å². The second-order valence-electron chi connectivity index (χ2n) is 5.27. The highest BCUT2D eigenvalue weighted by Gasteiger charge is 2.41. The van der Waals surface area contributed by atoms with Crippen LogP contribution < -0.4 is 14.8 Å². The van der Waals surface area contributed by atoms with Crippen LogP contribution in [0.5, 0.6) is 11.5 Å². The molecule has 0 bridgehead atoms. The Hall–Kier alpha value is -2.22. The standard InChI is InChI=1S/C16H20N2O3/c1-20-13-6-5-12(9-14(13)21-2)10-18-15(19)16(11-17)7-3-4-8-16/h5-6,9H,3-4,7-8,10H2,1-2H3,(H,18,19). The minimum Gasteiger partial charge on any atom is -0.493 e. The molecule has 1 aromatic carbocycles. The van der Waals surface area contributed by atoms with Crippen molar-refractivity contribution in [2.45, 2.75) is 32.2 Å². The summed E-state index contributed by atoms with van der Waals surface area (Å²) in [6.45, 7) is 0.378. The Bertz CT molecular complexity index is 557. The lowest BCUT2D eigenvalue weighted by Crippen LogP contribution is -2.37. The molecule has 0 aromatic heterocycles. The van der Waals surface area contributed by atoms with Gasteiger partial charge in [0.15, 0.2) is 11.5 Å². The quantitative estimate of drug-likeness (QED) is 0.903. The molecular weight excluding hydrogens is 268 g/mol. The molecule has 0 saturated heterocycles. The van der Waals surface area contributed by atoms with Gasteiger partial charge in [-0.25, -0.2) is 0 Å². The van der Waals surface area contributed by atoms with E-state index in [1.165, 1.54) is 0 Å². The molecule has 0 heterocycles. The summed E-state index contributed by atoms with van der Waals surface area (Å²) < 4.78 is 10.4. The Labute approximate surface area is 124 Å².